The topological polar surface area (TPSA) is 49.3 Å². The van der Waals surface area contributed by atoms with Gasteiger partial charge in [-0.15, -0.1) is 11.6 Å². The van der Waals surface area contributed by atoms with Gasteiger partial charge in [0.1, 0.15) is 5.75 Å². The minimum Gasteiger partial charge on any atom is -0.508 e. The number of amides is 1. The van der Waals surface area contributed by atoms with E-state index in [2.05, 4.69) is 5.32 Å². The summed E-state index contributed by atoms with van der Waals surface area (Å²) in [5, 5.41) is 12.1. The number of carbonyl (C=O) groups excluding carboxylic acids is 1. The second kappa shape index (κ2) is 5.41. The van der Waals surface area contributed by atoms with Crippen LogP contribution in [0.1, 0.15) is 36.0 Å². The number of hydrogen-bond acceptors (Lipinski definition) is 2. The minimum atomic E-state index is -0.123. The molecule has 0 heterocycles. The van der Waals surface area contributed by atoms with E-state index >= 15 is 0 Å². The Hall–Kier alpha value is -1.22. The fourth-order valence-electron chi connectivity index (χ4n) is 2.11. The number of phenolic OH excluding ortho intramolecular Hbond substituents is 1. The minimum absolute atomic E-state index is 0.0322. The Kier molecular flexibility index (Phi) is 3.89. The molecule has 3 nitrogen and oxygen atoms in total. The molecule has 2 N–H and O–H groups in total. The van der Waals surface area contributed by atoms with Crippen LogP contribution in [0.3, 0.4) is 0 Å². The molecule has 2 rings (SSSR count). The molecule has 0 spiro atoms. The predicted octanol–water partition coefficient (Wildman–Crippen LogP) is 2.67. The third kappa shape index (κ3) is 3.13. The van der Waals surface area contributed by atoms with Gasteiger partial charge >= 0.3 is 0 Å². The van der Waals surface area contributed by atoms with E-state index in [9.17, 15) is 4.79 Å². The number of hydrogen-bond donors (Lipinski definition) is 2. The number of nitrogens with one attached hydrogen (secondary N) is 1. The zero-order valence-electron chi connectivity index (χ0n) is 9.53. The van der Waals surface area contributed by atoms with E-state index in [1.807, 2.05) is 0 Å². The van der Waals surface area contributed by atoms with Crippen molar-refractivity contribution < 1.29 is 9.90 Å². The van der Waals surface area contributed by atoms with Crippen molar-refractivity contribution >= 4 is 17.5 Å². The molecule has 1 fully saturated rings. The largest absolute Gasteiger partial charge is 0.508 e. The molecule has 1 aliphatic rings. The van der Waals surface area contributed by atoms with E-state index < -0.39 is 0 Å². The molecular weight excluding hydrogens is 238 g/mol. The quantitative estimate of drug-likeness (QED) is 0.796. The van der Waals surface area contributed by atoms with Gasteiger partial charge in [-0.05, 0) is 37.1 Å². The summed E-state index contributed by atoms with van der Waals surface area (Å²) in [6, 6.07) is 6.29. The summed E-state index contributed by atoms with van der Waals surface area (Å²) in [5.74, 6) is 0.0389. The Labute approximate surface area is 106 Å². The zero-order chi connectivity index (χ0) is 12.3. The Balaban J connectivity index is 1.98. The summed E-state index contributed by atoms with van der Waals surface area (Å²) in [6.07, 6.45) is 4.16. The molecule has 0 aromatic heterocycles. The Morgan fingerprint density at radius 3 is 2.53 bits per heavy atom. The number of phenols is 1. The van der Waals surface area contributed by atoms with Gasteiger partial charge in [0.05, 0.1) is 5.38 Å². The molecule has 0 saturated heterocycles. The molecule has 1 amide bonds. The van der Waals surface area contributed by atoms with Crippen molar-refractivity contribution in [1.82, 2.24) is 5.32 Å². The molecule has 2 atom stereocenters. The van der Waals surface area contributed by atoms with Gasteiger partial charge < -0.3 is 10.4 Å². The third-order valence-electron chi connectivity index (χ3n) is 3.13. The molecule has 1 aliphatic carbocycles. The lowest BCUT2D eigenvalue weighted by Crippen LogP contribution is -2.42. The number of carbonyl (C=O) groups is 1. The summed E-state index contributed by atoms with van der Waals surface area (Å²) in [5.41, 5.74) is 0.553. The number of halogens is 1. The first-order chi connectivity index (χ1) is 8.16. The molecule has 0 radical (unpaired) electrons. The second-order valence-electron chi connectivity index (χ2n) is 4.43. The molecule has 2 unspecified atom stereocenters. The first-order valence-electron chi connectivity index (χ1n) is 5.91. The van der Waals surface area contributed by atoms with Crippen molar-refractivity contribution in [1.29, 1.82) is 0 Å². The van der Waals surface area contributed by atoms with E-state index in [1.54, 1.807) is 12.1 Å². The first kappa shape index (κ1) is 12.2. The van der Waals surface area contributed by atoms with Crippen LogP contribution in [0.5, 0.6) is 5.75 Å². The highest BCUT2D eigenvalue weighted by molar-refractivity contribution is 6.21. The normalized spacial score (nSPS) is 24.3. The van der Waals surface area contributed by atoms with Gasteiger partial charge in [0.15, 0.2) is 0 Å². The van der Waals surface area contributed by atoms with Gasteiger partial charge in [-0.3, -0.25) is 4.79 Å². The summed E-state index contributed by atoms with van der Waals surface area (Å²) >= 11 is 6.18. The molecule has 92 valence electrons. The van der Waals surface area contributed by atoms with Gasteiger partial charge in [-0.25, -0.2) is 0 Å². The second-order valence-corrected chi connectivity index (χ2v) is 4.99. The Morgan fingerprint density at radius 2 is 1.88 bits per heavy atom. The molecule has 4 heteroatoms. The van der Waals surface area contributed by atoms with E-state index in [4.69, 9.17) is 16.7 Å². The number of rotatable bonds is 2. The van der Waals surface area contributed by atoms with E-state index in [1.165, 1.54) is 12.1 Å². The summed E-state index contributed by atoms with van der Waals surface area (Å²) in [7, 11) is 0. The van der Waals surface area contributed by atoms with Crippen LogP contribution in [-0.2, 0) is 0 Å². The predicted molar refractivity (Wildman–Crippen MR) is 67.5 cm³/mol. The average molecular weight is 254 g/mol. The van der Waals surface area contributed by atoms with Gasteiger partial charge in [-0.2, -0.15) is 0 Å². The van der Waals surface area contributed by atoms with Gasteiger partial charge in [0.25, 0.3) is 5.91 Å². The highest BCUT2D eigenvalue weighted by atomic mass is 35.5. The number of aromatic hydroxyl groups is 1. The Bertz CT molecular complexity index is 391. The van der Waals surface area contributed by atoms with Crippen LogP contribution in [0.25, 0.3) is 0 Å². The molecule has 0 bridgehead atoms. The lowest BCUT2D eigenvalue weighted by Gasteiger charge is -2.27. The van der Waals surface area contributed by atoms with Crippen molar-refractivity contribution in [3.8, 4) is 5.75 Å². The van der Waals surface area contributed by atoms with Crippen LogP contribution in [-0.4, -0.2) is 22.4 Å². The van der Waals surface area contributed by atoms with Crippen LogP contribution in [0.15, 0.2) is 24.3 Å². The Morgan fingerprint density at radius 1 is 1.24 bits per heavy atom. The maximum atomic E-state index is 11.9. The van der Waals surface area contributed by atoms with Crippen molar-refractivity contribution in [2.45, 2.75) is 37.1 Å². The summed E-state index contributed by atoms with van der Waals surface area (Å²) in [6.45, 7) is 0. The highest BCUT2D eigenvalue weighted by Crippen LogP contribution is 2.23. The third-order valence-corrected chi connectivity index (χ3v) is 3.65. The smallest absolute Gasteiger partial charge is 0.251 e. The lowest BCUT2D eigenvalue weighted by atomic mass is 9.94. The maximum Gasteiger partial charge on any atom is 0.251 e. The van der Waals surface area contributed by atoms with Crippen molar-refractivity contribution in [3.63, 3.8) is 0 Å². The van der Waals surface area contributed by atoms with Crippen molar-refractivity contribution in [2.24, 2.45) is 0 Å². The fraction of sp³-hybridized carbons (Fsp3) is 0.462. The zero-order valence-corrected chi connectivity index (χ0v) is 10.3. The monoisotopic (exact) mass is 253 g/mol. The molecule has 0 aliphatic heterocycles. The standard InChI is InChI=1S/C13H16ClNO2/c14-11-3-1-2-4-12(11)15-13(17)9-5-7-10(16)8-6-9/h5-8,11-12,16H,1-4H2,(H,15,17). The summed E-state index contributed by atoms with van der Waals surface area (Å²) in [4.78, 5) is 11.9. The van der Waals surface area contributed by atoms with E-state index in [0.29, 0.717) is 5.56 Å². The molecule has 1 aromatic carbocycles. The molecule has 1 saturated carbocycles. The van der Waals surface area contributed by atoms with E-state index in [0.717, 1.165) is 25.7 Å². The molecular formula is C13H16ClNO2. The van der Waals surface area contributed by atoms with Crippen molar-refractivity contribution in [2.75, 3.05) is 0 Å². The lowest BCUT2D eigenvalue weighted by molar-refractivity contribution is 0.0928. The van der Waals surface area contributed by atoms with Gasteiger partial charge in [-0.1, -0.05) is 12.8 Å². The van der Waals surface area contributed by atoms with Crippen LogP contribution in [0.2, 0.25) is 0 Å². The number of alkyl halides is 1. The van der Waals surface area contributed by atoms with E-state index in [-0.39, 0.29) is 23.1 Å². The maximum absolute atomic E-state index is 11.9. The average Bonchev–Trinajstić information content (AvgIpc) is 2.33. The van der Waals surface area contributed by atoms with Crippen LogP contribution in [0.4, 0.5) is 0 Å². The van der Waals surface area contributed by atoms with Crippen molar-refractivity contribution in [3.05, 3.63) is 29.8 Å². The molecule has 17 heavy (non-hydrogen) atoms. The first-order valence-corrected chi connectivity index (χ1v) is 6.34. The van der Waals surface area contributed by atoms with Crippen LogP contribution in [0, 0.1) is 0 Å². The van der Waals surface area contributed by atoms with Gasteiger partial charge in [0.2, 0.25) is 0 Å². The highest BCUT2D eigenvalue weighted by Gasteiger charge is 2.24. The number of benzene rings is 1. The van der Waals surface area contributed by atoms with Crippen LogP contribution < -0.4 is 5.32 Å². The van der Waals surface area contributed by atoms with Crippen LogP contribution >= 0.6 is 11.6 Å². The summed E-state index contributed by atoms with van der Waals surface area (Å²) < 4.78 is 0. The van der Waals surface area contributed by atoms with Gasteiger partial charge in [0, 0.05) is 11.6 Å². The molecule has 1 aromatic rings. The fourth-order valence-corrected chi connectivity index (χ4v) is 2.46. The SMILES string of the molecule is O=C(NC1CCCCC1Cl)c1ccc(O)cc1.